The van der Waals surface area contributed by atoms with Gasteiger partial charge in [-0.25, -0.2) is 0 Å². The molecule has 0 spiro atoms. The van der Waals surface area contributed by atoms with Crippen molar-refractivity contribution < 1.29 is 9.53 Å². The van der Waals surface area contributed by atoms with Crippen LogP contribution < -0.4 is 5.73 Å². The van der Waals surface area contributed by atoms with E-state index in [4.69, 9.17) is 5.73 Å². The van der Waals surface area contributed by atoms with E-state index in [2.05, 4.69) is 36.6 Å². The van der Waals surface area contributed by atoms with E-state index >= 15 is 0 Å². The Bertz CT molecular complexity index is 354. The fourth-order valence-corrected chi connectivity index (χ4v) is 2.50. The highest BCUT2D eigenvalue weighted by molar-refractivity contribution is 9.11. The lowest BCUT2D eigenvalue weighted by Gasteiger charge is -2.11. The van der Waals surface area contributed by atoms with E-state index in [1.807, 2.05) is 18.2 Å². The molecule has 0 heterocycles. The minimum Gasteiger partial charge on any atom is -0.469 e. The molecule has 1 aromatic rings. The largest absolute Gasteiger partial charge is 0.469 e. The summed E-state index contributed by atoms with van der Waals surface area (Å²) in [6.07, 6.45) is 0.180. The lowest BCUT2D eigenvalue weighted by molar-refractivity contribution is -0.141. The molecule has 0 aliphatic heterocycles. The van der Waals surface area contributed by atoms with Gasteiger partial charge in [-0.1, -0.05) is 31.9 Å². The first-order chi connectivity index (χ1) is 7.02. The second kappa shape index (κ2) is 7.27. The minimum atomic E-state index is -0.341. The Balaban J connectivity index is 0.00000225. The van der Waals surface area contributed by atoms with E-state index < -0.39 is 0 Å². The maximum absolute atomic E-state index is 11.0. The average molecular weight is 373 g/mol. The Morgan fingerprint density at radius 3 is 2.31 bits per heavy atom. The maximum Gasteiger partial charge on any atom is 0.307 e. The summed E-state index contributed by atoms with van der Waals surface area (Å²) in [7, 11) is 1.35. The van der Waals surface area contributed by atoms with Crippen LogP contribution in [0.5, 0.6) is 0 Å². The van der Waals surface area contributed by atoms with Crippen molar-refractivity contribution in [2.75, 3.05) is 7.11 Å². The standard InChI is InChI=1S/C10H11Br2NO2.ClH/c1-15-10(14)5-9(13)6-2-7(11)4-8(12)3-6;/h2-4,9H,5,13H2,1H3;1H/t9-;/m1./s1. The van der Waals surface area contributed by atoms with Crippen LogP contribution >= 0.6 is 44.3 Å². The molecule has 1 rings (SSSR count). The molecule has 90 valence electrons. The molecule has 2 N–H and O–H groups in total. The van der Waals surface area contributed by atoms with Gasteiger partial charge in [-0.3, -0.25) is 4.79 Å². The van der Waals surface area contributed by atoms with Gasteiger partial charge in [0.15, 0.2) is 0 Å². The summed E-state index contributed by atoms with van der Waals surface area (Å²) < 4.78 is 6.41. The van der Waals surface area contributed by atoms with Crippen LogP contribution in [0.15, 0.2) is 27.1 Å². The third-order valence-corrected chi connectivity index (χ3v) is 2.84. The summed E-state index contributed by atoms with van der Waals surface area (Å²) in [5.41, 5.74) is 6.76. The molecule has 6 heteroatoms. The zero-order valence-corrected chi connectivity index (χ0v) is 12.6. The van der Waals surface area contributed by atoms with E-state index in [0.29, 0.717) is 0 Å². The number of benzene rings is 1. The second-order valence-corrected chi connectivity index (χ2v) is 4.92. The Kier molecular flexibility index (Phi) is 7.22. The lowest BCUT2D eigenvalue weighted by Crippen LogP contribution is -2.16. The van der Waals surface area contributed by atoms with Crippen LogP contribution in [0.3, 0.4) is 0 Å². The fourth-order valence-electron chi connectivity index (χ4n) is 1.17. The van der Waals surface area contributed by atoms with E-state index in [1.54, 1.807) is 0 Å². The number of esters is 1. The van der Waals surface area contributed by atoms with Gasteiger partial charge in [0.25, 0.3) is 0 Å². The van der Waals surface area contributed by atoms with Crippen LogP contribution in [0, 0.1) is 0 Å². The maximum atomic E-state index is 11.0. The van der Waals surface area contributed by atoms with E-state index in [9.17, 15) is 4.79 Å². The number of nitrogens with two attached hydrogens (primary N) is 1. The van der Waals surface area contributed by atoms with Crippen molar-refractivity contribution in [3.63, 3.8) is 0 Å². The van der Waals surface area contributed by atoms with Crippen molar-refractivity contribution >= 4 is 50.2 Å². The molecule has 0 fully saturated rings. The Labute approximate surface area is 117 Å². The summed E-state index contributed by atoms with van der Waals surface area (Å²) in [5.74, 6) is -0.307. The number of carbonyl (C=O) groups is 1. The Hall–Kier alpha value is -0.100. The highest BCUT2D eigenvalue weighted by Gasteiger charge is 2.12. The normalized spacial score (nSPS) is 11.5. The zero-order valence-electron chi connectivity index (χ0n) is 8.57. The van der Waals surface area contributed by atoms with Crippen molar-refractivity contribution in [1.29, 1.82) is 0 Å². The fraction of sp³-hybridized carbons (Fsp3) is 0.300. The van der Waals surface area contributed by atoms with Crippen molar-refractivity contribution in [2.24, 2.45) is 5.73 Å². The number of ether oxygens (including phenoxy) is 1. The minimum absolute atomic E-state index is 0. The van der Waals surface area contributed by atoms with Crippen LogP contribution in [0.2, 0.25) is 0 Å². The molecule has 0 bridgehead atoms. The van der Waals surface area contributed by atoms with Gasteiger partial charge in [-0.2, -0.15) is 0 Å². The lowest BCUT2D eigenvalue weighted by atomic mass is 10.1. The van der Waals surface area contributed by atoms with Gasteiger partial charge < -0.3 is 10.5 Å². The summed E-state index contributed by atoms with van der Waals surface area (Å²) in [5, 5.41) is 0. The van der Waals surface area contributed by atoms with Crippen molar-refractivity contribution in [3.8, 4) is 0 Å². The molecule has 1 aromatic carbocycles. The molecule has 0 aliphatic rings. The van der Waals surface area contributed by atoms with Crippen molar-refractivity contribution in [3.05, 3.63) is 32.7 Å². The van der Waals surface area contributed by atoms with Gasteiger partial charge in [-0.15, -0.1) is 12.4 Å². The monoisotopic (exact) mass is 371 g/mol. The molecule has 16 heavy (non-hydrogen) atoms. The van der Waals surface area contributed by atoms with Gasteiger partial charge in [0.1, 0.15) is 0 Å². The molecule has 1 atom stereocenters. The number of rotatable bonds is 3. The third-order valence-electron chi connectivity index (χ3n) is 1.93. The van der Waals surface area contributed by atoms with Gasteiger partial charge in [0.05, 0.1) is 13.5 Å². The number of hydrogen-bond donors (Lipinski definition) is 1. The molecule has 0 saturated carbocycles. The summed E-state index contributed by atoms with van der Waals surface area (Å²) in [4.78, 5) is 11.0. The molecule has 0 aromatic heterocycles. The van der Waals surface area contributed by atoms with Crippen LogP contribution in [-0.2, 0) is 9.53 Å². The summed E-state index contributed by atoms with van der Waals surface area (Å²) in [6, 6.07) is 5.34. The van der Waals surface area contributed by atoms with Gasteiger partial charge in [0.2, 0.25) is 0 Å². The molecule has 0 amide bonds. The van der Waals surface area contributed by atoms with E-state index in [0.717, 1.165) is 14.5 Å². The first kappa shape index (κ1) is 15.9. The molecule has 3 nitrogen and oxygen atoms in total. The topological polar surface area (TPSA) is 52.3 Å². The van der Waals surface area contributed by atoms with E-state index in [-0.39, 0.29) is 30.8 Å². The van der Waals surface area contributed by atoms with Crippen molar-refractivity contribution in [2.45, 2.75) is 12.5 Å². The highest BCUT2D eigenvalue weighted by Crippen LogP contribution is 2.24. The molecule has 0 radical (unpaired) electrons. The predicted octanol–water partition coefficient (Wildman–Crippen LogP) is 3.20. The molecule has 0 unspecified atom stereocenters. The Morgan fingerprint density at radius 1 is 1.38 bits per heavy atom. The molecular weight excluding hydrogens is 361 g/mol. The smallest absolute Gasteiger partial charge is 0.307 e. The van der Waals surface area contributed by atoms with Crippen LogP contribution in [0.4, 0.5) is 0 Å². The van der Waals surface area contributed by atoms with Crippen LogP contribution in [0.1, 0.15) is 18.0 Å². The first-order valence-electron chi connectivity index (χ1n) is 4.31. The average Bonchev–Trinajstić information content (AvgIpc) is 2.16. The molecule has 0 saturated heterocycles. The summed E-state index contributed by atoms with van der Waals surface area (Å²) in [6.45, 7) is 0. The van der Waals surface area contributed by atoms with Gasteiger partial charge in [0, 0.05) is 15.0 Å². The van der Waals surface area contributed by atoms with Crippen LogP contribution in [-0.4, -0.2) is 13.1 Å². The number of halogens is 3. The number of methoxy groups -OCH3 is 1. The van der Waals surface area contributed by atoms with E-state index in [1.165, 1.54) is 7.11 Å². The van der Waals surface area contributed by atoms with Crippen molar-refractivity contribution in [1.82, 2.24) is 0 Å². The van der Waals surface area contributed by atoms with Crippen LogP contribution in [0.25, 0.3) is 0 Å². The highest BCUT2D eigenvalue weighted by atomic mass is 79.9. The second-order valence-electron chi connectivity index (χ2n) is 3.09. The SMILES string of the molecule is COC(=O)C[C@@H](N)c1cc(Br)cc(Br)c1.Cl. The van der Waals surface area contributed by atoms with Gasteiger partial charge in [-0.05, 0) is 23.8 Å². The molecule has 0 aliphatic carbocycles. The third kappa shape index (κ3) is 4.82. The van der Waals surface area contributed by atoms with Gasteiger partial charge >= 0.3 is 5.97 Å². The zero-order chi connectivity index (χ0) is 11.4. The quantitative estimate of drug-likeness (QED) is 0.828. The first-order valence-corrected chi connectivity index (χ1v) is 5.90. The molecular formula is C10H12Br2ClNO2. The predicted molar refractivity (Wildman–Crippen MR) is 72.7 cm³/mol. The number of carbonyl (C=O) groups excluding carboxylic acids is 1. The summed E-state index contributed by atoms with van der Waals surface area (Å²) >= 11 is 6.73. The Morgan fingerprint density at radius 2 is 1.88 bits per heavy atom. The number of hydrogen-bond acceptors (Lipinski definition) is 3.